The predicted molar refractivity (Wildman–Crippen MR) is 589 cm³/mol. The van der Waals surface area contributed by atoms with Crippen LogP contribution in [0.4, 0.5) is 0 Å². The van der Waals surface area contributed by atoms with Crippen molar-refractivity contribution in [2.45, 2.75) is 149 Å². The molecule has 1 aliphatic rings. The van der Waals surface area contributed by atoms with Crippen LogP contribution in [0.15, 0.2) is 290 Å². The summed E-state index contributed by atoms with van der Waals surface area (Å²) in [6.45, 7) is 9.61. The van der Waals surface area contributed by atoms with Crippen molar-refractivity contribution in [2.24, 2.45) is 47.1 Å². The van der Waals surface area contributed by atoms with Crippen molar-refractivity contribution in [3.63, 3.8) is 0 Å². The number of furan rings is 5. The van der Waals surface area contributed by atoms with Gasteiger partial charge in [0, 0.05) is 170 Å². The second-order valence-corrected chi connectivity index (χ2v) is 38.9. The zero-order chi connectivity index (χ0) is 116. The molecule has 15 heterocycles. The molecule has 0 unspecified atom stereocenters. The molecule has 0 N–H and O–H groups in total. The first-order valence-corrected chi connectivity index (χ1v) is 48.8. The highest BCUT2D eigenvalue weighted by atomic mass is 16.4. The lowest BCUT2D eigenvalue weighted by molar-refractivity contribution is -0.660. The summed E-state index contributed by atoms with van der Waals surface area (Å²) in [7, 11) is 9.54. The number of pyridine rings is 10. The summed E-state index contributed by atoms with van der Waals surface area (Å²) in [5, 5.41) is 17.7. The fraction of sp³-hybridized carbons (Fsp3) is 0.225. The first-order chi connectivity index (χ1) is 77.1. The van der Waals surface area contributed by atoms with E-state index in [2.05, 4.69) is 97.9 Å². The van der Waals surface area contributed by atoms with E-state index >= 15 is 0 Å². The second-order valence-electron chi connectivity index (χ2n) is 38.9. The van der Waals surface area contributed by atoms with Gasteiger partial charge in [-0.2, -0.15) is 0 Å². The molecule has 1 fully saturated rings. The fourth-order valence-electron chi connectivity index (χ4n) is 21.4. The third-order valence-electron chi connectivity index (χ3n) is 28.6. The number of nitrogens with zero attached hydrogens (tertiary/aromatic N) is 10. The molecule has 712 valence electrons. The minimum absolute atomic E-state index is 0.0803. The molecule has 0 radical (unpaired) electrons. The summed E-state index contributed by atoms with van der Waals surface area (Å²) in [6.07, 6.45) is 17.7. The highest BCUT2D eigenvalue weighted by Gasteiger charge is 2.32. The van der Waals surface area contributed by atoms with Crippen LogP contribution in [-0.2, 0) is 48.0 Å². The van der Waals surface area contributed by atoms with Crippen LogP contribution in [0.3, 0.4) is 0 Å². The monoisotopic (exact) mass is 1910 g/mol. The van der Waals surface area contributed by atoms with Crippen LogP contribution >= 0.6 is 0 Å². The maximum absolute atomic E-state index is 8.91. The molecule has 26 rings (SSSR count). The van der Waals surface area contributed by atoms with E-state index in [1.165, 1.54) is 0 Å². The number of rotatable bonds is 9. The SMILES string of the molecule is [2H]C([2H])([2H])c1c[n+](C)c(-c2c(C)cc(C([2H])([2H])[2H])c3c2oc2nc(C)c4ccccc4c23)cc1C.[2H]C([2H])([2H])c1c[n+](C)c(-c2c(C)cc(C([2H])([2H])[2H])c3c2oc2ncc4ccccc4c23)cc1C.[2H]C([2H])([2H])c1cc(C)c(-c2cc(C)cc[n+]2C)c2oc3ncc4ccccc4c3c12.[2H]C([2H])(c1cc[n+](C)c(-c2c(C)ccc3c2oc2ncc4ccccc4c23)c1)C(C)C.[2H]C([2H])(c1cc[n+](C)c(-c2c(C)ccc3c2oc2ncc4ccccc4c23)c1)C1CCCC1. The summed E-state index contributed by atoms with van der Waals surface area (Å²) < 4.78 is 197. The fourth-order valence-corrected chi connectivity index (χ4v) is 21.4. The van der Waals surface area contributed by atoms with Gasteiger partial charge in [-0.25, -0.2) is 47.8 Å². The van der Waals surface area contributed by atoms with E-state index in [-0.39, 0.29) is 34.1 Å². The smallest absolute Gasteiger partial charge is 0.228 e. The molecule has 0 bridgehead atoms. The van der Waals surface area contributed by atoms with Gasteiger partial charge in [0.2, 0.25) is 57.0 Å². The summed E-state index contributed by atoms with van der Waals surface area (Å²) >= 11 is 0. The van der Waals surface area contributed by atoms with Crippen molar-refractivity contribution < 1.29 is 71.0 Å². The van der Waals surface area contributed by atoms with E-state index in [0.717, 1.165) is 213 Å². The summed E-state index contributed by atoms with van der Waals surface area (Å²) in [5.74, 6) is -0.0524. The van der Waals surface area contributed by atoms with E-state index in [4.69, 9.17) is 48.1 Å². The normalized spacial score (nSPS) is 15.0. The first kappa shape index (κ1) is 73.1. The van der Waals surface area contributed by atoms with E-state index < -0.39 is 47.0 Å². The minimum atomic E-state index is -2.37. The Bertz CT molecular complexity index is 10500. The van der Waals surface area contributed by atoms with Gasteiger partial charge < -0.3 is 22.1 Å². The Hall–Kier alpha value is -16.0. The van der Waals surface area contributed by atoms with Crippen molar-refractivity contribution in [1.29, 1.82) is 0 Å². The molecule has 0 amide bonds. The molecule has 0 atom stereocenters. The van der Waals surface area contributed by atoms with Gasteiger partial charge in [-0.05, 0) is 220 Å². The van der Waals surface area contributed by atoms with Crippen molar-refractivity contribution >= 4 is 164 Å². The standard InChI is InChI=1S/C28H27N2O.2C26H25N2O.C25H23N2O.C24H21N2O/c1-18-11-12-23-26-22-10-6-5-9-21(22)17-29-28(26)31-27(23)25(18)24-16-20(13-14-30(24)2)15-19-7-3-4-8-19;1-14-12-21(28(6)13-17(14)4)22-15(2)11-16(3)23-24-20-10-8-7-9-19(20)18(5)27-26(24)29-25(22)23;1-16(2)13-18-11-12-28(4)22(14-18)23-17(3)9-10-21-24-20-8-6-5-7-19(20)15-27-26(24)29-25(21)23;1-14-11-20(27(5)13-17(14)4)21-15(2)10-16(3)22-23-19-9-7-6-8-18(19)12-26-25(23)28-24(21)22;1-14-9-10-26(4)19(11-14)20-15(2)12-16(3)21-22-18-8-6-5-7-17(18)13-25-24(22)27-23(20)21/h5-6,9-14,16-17,19H,3-4,7-8,15H2,1-2H3;7-13H,1-6H3;5-12,14-16H,13H2,1-4H3;6-13H,1-5H3;5-13H,1-4H3/q5*+1/i15D2;3D3,4D3;13D2;3D3,4D3;3D3. The highest BCUT2D eigenvalue weighted by molar-refractivity contribution is 6.25. The summed E-state index contributed by atoms with van der Waals surface area (Å²) in [4.78, 5) is 22.9. The predicted octanol–water partition coefficient (Wildman–Crippen LogP) is 30.4. The van der Waals surface area contributed by atoms with Gasteiger partial charge in [-0.1, -0.05) is 203 Å². The van der Waals surface area contributed by atoms with Crippen molar-refractivity contribution in [3.05, 3.63) is 357 Å². The van der Waals surface area contributed by atoms with Crippen molar-refractivity contribution in [3.8, 4) is 56.3 Å². The molecule has 25 aromatic rings. The van der Waals surface area contributed by atoms with Crippen LogP contribution in [0.5, 0.6) is 0 Å². The van der Waals surface area contributed by atoms with Crippen molar-refractivity contribution in [1.82, 2.24) is 24.9 Å². The Kier molecular flexibility index (Phi) is 18.9. The Morgan fingerprint density at radius 3 is 1.07 bits per heavy atom. The Morgan fingerprint density at radius 2 is 0.646 bits per heavy atom. The zero-order valence-electron chi connectivity index (χ0n) is 102. The number of fused-ring (bicyclic) bond motifs is 25. The third-order valence-corrected chi connectivity index (χ3v) is 28.6. The lowest BCUT2D eigenvalue weighted by Gasteiger charge is -2.10. The van der Waals surface area contributed by atoms with Crippen molar-refractivity contribution in [2.75, 3.05) is 0 Å². The molecule has 0 saturated heterocycles. The number of aromatic nitrogens is 10. The lowest BCUT2D eigenvalue weighted by atomic mass is 9.95. The maximum Gasteiger partial charge on any atom is 0.228 e. The molecule has 0 aliphatic heterocycles. The Balaban J connectivity index is 0.000000113. The number of aryl methyl sites for hydroxylation is 19. The van der Waals surface area contributed by atoms with Gasteiger partial charge in [0.05, 0.1) is 54.7 Å². The molecular formula is C129H121N10O5+5. The van der Waals surface area contributed by atoms with Crippen LogP contribution < -0.4 is 22.8 Å². The van der Waals surface area contributed by atoms with Crippen LogP contribution in [0, 0.1) is 108 Å². The largest absolute Gasteiger partial charge is 0.437 e. The molecule has 15 aromatic heterocycles. The van der Waals surface area contributed by atoms with Gasteiger partial charge >= 0.3 is 0 Å². The second kappa shape index (κ2) is 37.1. The number of benzene rings is 10. The Labute approximate surface area is 865 Å². The first-order valence-electron chi connectivity index (χ1n) is 58.3. The summed E-state index contributed by atoms with van der Waals surface area (Å²) in [5.41, 5.74) is 24.4. The lowest BCUT2D eigenvalue weighted by Crippen LogP contribution is -2.31. The van der Waals surface area contributed by atoms with Crippen LogP contribution in [0.1, 0.15) is 155 Å². The van der Waals surface area contributed by atoms with E-state index in [0.29, 0.717) is 100 Å². The van der Waals surface area contributed by atoms with Gasteiger partial charge in [-0.15, -0.1) is 0 Å². The van der Waals surface area contributed by atoms with Gasteiger partial charge in [-0.3, -0.25) is 0 Å². The molecule has 15 heteroatoms. The van der Waals surface area contributed by atoms with Gasteiger partial charge in [0.1, 0.15) is 35.2 Å². The Morgan fingerprint density at radius 1 is 0.306 bits per heavy atom. The molecule has 10 aromatic carbocycles. The molecule has 144 heavy (non-hydrogen) atoms. The van der Waals surface area contributed by atoms with E-state index in [1.807, 2.05) is 249 Å². The molecular weight excluding hydrogens is 1770 g/mol. The zero-order valence-corrected chi connectivity index (χ0v) is 83.4. The van der Waals surface area contributed by atoms with Crippen LogP contribution in [0.2, 0.25) is 0 Å². The molecule has 0 spiro atoms. The average Bonchev–Trinajstić information content (AvgIpc) is 1.53. The van der Waals surface area contributed by atoms with Crippen LogP contribution in [-0.4, -0.2) is 24.9 Å². The number of hydrogen-bond donors (Lipinski definition) is 0. The average molecular weight is 1910 g/mol. The molecule has 1 aliphatic carbocycles. The third kappa shape index (κ3) is 16.4. The van der Waals surface area contributed by atoms with Gasteiger partial charge in [0.25, 0.3) is 0 Å². The maximum atomic E-state index is 8.91. The quantitative estimate of drug-likeness (QED) is 0.128. The number of hydrogen-bond acceptors (Lipinski definition) is 10. The van der Waals surface area contributed by atoms with Gasteiger partial charge in [0.15, 0.2) is 58.9 Å². The highest BCUT2D eigenvalue weighted by Crippen LogP contribution is 2.48. The molecule has 1 saturated carbocycles. The summed E-state index contributed by atoms with van der Waals surface area (Å²) in [6, 6.07) is 69.0. The molecule has 15 nitrogen and oxygen atoms in total. The van der Waals surface area contributed by atoms with E-state index in [9.17, 15) is 0 Å². The van der Waals surface area contributed by atoms with E-state index in [1.54, 1.807) is 80.1 Å². The minimum Gasteiger partial charge on any atom is -0.437 e. The topological polar surface area (TPSA) is 150 Å². The van der Waals surface area contributed by atoms with Crippen LogP contribution in [0.25, 0.3) is 220 Å².